The molecule has 0 radical (unpaired) electrons. The van der Waals surface area contributed by atoms with E-state index in [1.165, 1.54) is 9.58 Å². The minimum atomic E-state index is -0.228. The number of carbonyl (C=O) groups is 3. The summed E-state index contributed by atoms with van der Waals surface area (Å²) in [5.74, 6) is -0.539. The summed E-state index contributed by atoms with van der Waals surface area (Å²) in [5, 5.41) is 21.4. The number of imide groups is 1. The first-order valence-corrected chi connectivity index (χ1v) is 12.7. The van der Waals surface area contributed by atoms with Crippen LogP contribution in [0.2, 0.25) is 0 Å². The number of aliphatic hydroxyl groups excluding tert-OH is 1. The lowest BCUT2D eigenvalue weighted by molar-refractivity contribution is -0.122. The van der Waals surface area contributed by atoms with Gasteiger partial charge in [0, 0.05) is 60.3 Å². The highest BCUT2D eigenvalue weighted by atomic mass is 16.3. The number of aliphatic hydroxyl groups is 1. The van der Waals surface area contributed by atoms with Gasteiger partial charge in [0.15, 0.2) is 0 Å². The highest BCUT2D eigenvalue weighted by molar-refractivity contribution is 6.26. The molecule has 11 heteroatoms. The van der Waals surface area contributed by atoms with Crippen molar-refractivity contribution in [2.24, 2.45) is 0 Å². The molecule has 0 spiro atoms. The molecule has 0 saturated carbocycles. The van der Waals surface area contributed by atoms with Crippen molar-refractivity contribution in [3.05, 3.63) is 53.3 Å². The molecule has 11 nitrogen and oxygen atoms in total. The molecule has 2 aromatic carbocycles. The van der Waals surface area contributed by atoms with Crippen LogP contribution in [-0.2, 0) is 17.9 Å². The van der Waals surface area contributed by atoms with Crippen molar-refractivity contribution < 1.29 is 19.5 Å². The van der Waals surface area contributed by atoms with Gasteiger partial charge in [-0.2, -0.15) is 0 Å². The van der Waals surface area contributed by atoms with Crippen LogP contribution in [0.3, 0.4) is 0 Å². The van der Waals surface area contributed by atoms with Crippen molar-refractivity contribution in [1.82, 2.24) is 30.1 Å². The van der Waals surface area contributed by atoms with Crippen LogP contribution in [0, 0.1) is 0 Å². The van der Waals surface area contributed by atoms with E-state index in [2.05, 4.69) is 25.4 Å². The molecule has 1 aromatic heterocycles. The van der Waals surface area contributed by atoms with E-state index in [4.69, 9.17) is 5.11 Å². The van der Waals surface area contributed by atoms with Gasteiger partial charge in [0.25, 0.3) is 11.8 Å². The zero-order valence-electron chi connectivity index (χ0n) is 20.9. The molecular weight excluding hydrogens is 474 g/mol. The minimum absolute atomic E-state index is 0.0178. The maximum atomic E-state index is 13.0. The number of piperazine rings is 1. The number of aromatic nitrogens is 3. The molecule has 5 rings (SSSR count). The van der Waals surface area contributed by atoms with Crippen LogP contribution in [0.4, 0.5) is 5.69 Å². The Hall–Kier alpha value is -3.83. The number of carbonyl (C=O) groups excluding carboxylic acids is 3. The second-order valence-electron chi connectivity index (χ2n) is 9.36. The number of nitrogens with one attached hydrogen (secondary N) is 1. The second-order valence-corrected chi connectivity index (χ2v) is 9.36. The van der Waals surface area contributed by atoms with Gasteiger partial charge in [-0.25, -0.2) is 4.68 Å². The predicted molar refractivity (Wildman–Crippen MR) is 137 cm³/mol. The summed E-state index contributed by atoms with van der Waals surface area (Å²) in [6.45, 7) is 6.18. The van der Waals surface area contributed by atoms with Gasteiger partial charge >= 0.3 is 0 Å². The van der Waals surface area contributed by atoms with Crippen molar-refractivity contribution in [2.75, 3.05) is 50.8 Å². The van der Waals surface area contributed by atoms with Crippen LogP contribution >= 0.6 is 0 Å². The number of anilines is 1. The van der Waals surface area contributed by atoms with Gasteiger partial charge in [0.2, 0.25) is 5.91 Å². The van der Waals surface area contributed by atoms with E-state index in [0.29, 0.717) is 49.5 Å². The molecular formula is C26H31N7O4. The van der Waals surface area contributed by atoms with E-state index >= 15 is 0 Å². The van der Waals surface area contributed by atoms with E-state index < -0.39 is 0 Å². The van der Waals surface area contributed by atoms with Gasteiger partial charge < -0.3 is 15.3 Å². The summed E-state index contributed by atoms with van der Waals surface area (Å²) < 4.78 is 1.54. The Labute approximate surface area is 214 Å². The van der Waals surface area contributed by atoms with Crippen molar-refractivity contribution in [3.63, 3.8) is 0 Å². The molecule has 0 atom stereocenters. The lowest BCUT2D eigenvalue weighted by Gasteiger charge is -2.37. The normalized spacial score (nSPS) is 16.1. The quantitative estimate of drug-likeness (QED) is 0.411. The molecule has 2 aliphatic heterocycles. The highest BCUT2D eigenvalue weighted by Gasteiger charge is 2.33. The van der Waals surface area contributed by atoms with Crippen LogP contribution in [0.15, 0.2) is 36.5 Å². The average molecular weight is 506 g/mol. The topological polar surface area (TPSA) is 124 Å². The number of rotatable bonds is 9. The Morgan fingerprint density at radius 1 is 1.03 bits per heavy atom. The fourth-order valence-corrected chi connectivity index (χ4v) is 5.06. The Kier molecular flexibility index (Phi) is 7.15. The van der Waals surface area contributed by atoms with Crippen molar-refractivity contribution in [1.29, 1.82) is 0 Å². The summed E-state index contributed by atoms with van der Waals surface area (Å²) >= 11 is 0. The fourth-order valence-electron chi connectivity index (χ4n) is 5.06. The molecule has 0 unspecified atom stereocenters. The summed E-state index contributed by atoms with van der Waals surface area (Å²) in [5.41, 5.74) is 2.80. The number of nitrogens with zero attached hydrogens (tertiary/aromatic N) is 6. The van der Waals surface area contributed by atoms with E-state index in [-0.39, 0.29) is 30.9 Å². The third-order valence-corrected chi connectivity index (χ3v) is 6.88. The van der Waals surface area contributed by atoms with Crippen LogP contribution in [0.5, 0.6) is 0 Å². The summed E-state index contributed by atoms with van der Waals surface area (Å²) in [4.78, 5) is 44.2. The first kappa shape index (κ1) is 24.8. The fraction of sp³-hybridized carbons (Fsp3) is 0.423. The second kappa shape index (κ2) is 10.7. The molecule has 0 aliphatic carbocycles. The molecule has 3 aromatic rings. The monoisotopic (exact) mass is 505 g/mol. The summed E-state index contributed by atoms with van der Waals surface area (Å²) in [6.07, 6.45) is 2.42. The standard InChI is InChI=1S/C26H31N7O4/c1-2-8-33-25(36)20-5-3-4-19-22(7-6-21(24(19)20)26(33)37)31-11-9-30(10-12-31)17-23(35)27-15-18-16-32(13-14-34)29-28-18/h3-7,16,34H,2,8-15,17H2,1H3,(H,27,35). The third kappa shape index (κ3) is 4.92. The largest absolute Gasteiger partial charge is 0.394 e. The maximum Gasteiger partial charge on any atom is 0.261 e. The highest BCUT2D eigenvalue weighted by Crippen LogP contribution is 2.36. The maximum absolute atomic E-state index is 13.0. The number of hydrogen-bond donors (Lipinski definition) is 2. The zero-order chi connectivity index (χ0) is 25.9. The number of amides is 3. The molecule has 1 fully saturated rings. The van der Waals surface area contributed by atoms with E-state index in [1.54, 1.807) is 12.3 Å². The Morgan fingerprint density at radius 2 is 1.78 bits per heavy atom. The molecule has 37 heavy (non-hydrogen) atoms. The Bertz CT molecular complexity index is 1310. The van der Waals surface area contributed by atoms with Gasteiger partial charge in [0.1, 0.15) is 5.69 Å². The summed E-state index contributed by atoms with van der Waals surface area (Å²) in [6, 6.07) is 9.48. The number of hydrogen-bond acceptors (Lipinski definition) is 8. The molecule has 2 aliphatic rings. The molecule has 3 heterocycles. The lowest BCUT2D eigenvalue weighted by Crippen LogP contribution is -2.49. The van der Waals surface area contributed by atoms with Crippen molar-refractivity contribution in [3.8, 4) is 0 Å². The van der Waals surface area contributed by atoms with Crippen LogP contribution in [-0.4, -0.2) is 93.5 Å². The van der Waals surface area contributed by atoms with Gasteiger partial charge in [-0.3, -0.25) is 24.2 Å². The summed E-state index contributed by atoms with van der Waals surface area (Å²) in [7, 11) is 0. The van der Waals surface area contributed by atoms with Gasteiger partial charge in [0.05, 0.1) is 32.4 Å². The molecule has 3 amide bonds. The first-order valence-electron chi connectivity index (χ1n) is 12.7. The number of benzene rings is 2. The van der Waals surface area contributed by atoms with E-state index in [1.807, 2.05) is 31.2 Å². The first-order chi connectivity index (χ1) is 18.0. The van der Waals surface area contributed by atoms with Crippen LogP contribution in [0.25, 0.3) is 10.8 Å². The van der Waals surface area contributed by atoms with Gasteiger partial charge in [-0.1, -0.05) is 24.3 Å². The van der Waals surface area contributed by atoms with Crippen LogP contribution in [0.1, 0.15) is 39.8 Å². The SMILES string of the molecule is CCCN1C(=O)c2cccc3c(N4CCN(CC(=O)NCc5cn(CCO)nn5)CC4)ccc(c23)C1=O. The van der Waals surface area contributed by atoms with Crippen LogP contribution < -0.4 is 10.2 Å². The minimum Gasteiger partial charge on any atom is -0.394 e. The molecule has 194 valence electrons. The predicted octanol–water partition coefficient (Wildman–Crippen LogP) is 0.868. The van der Waals surface area contributed by atoms with Gasteiger partial charge in [-0.05, 0) is 24.6 Å². The van der Waals surface area contributed by atoms with Crippen molar-refractivity contribution in [2.45, 2.75) is 26.4 Å². The molecule has 2 N–H and O–H groups in total. The Morgan fingerprint density at radius 3 is 2.51 bits per heavy atom. The van der Waals surface area contributed by atoms with Crippen molar-refractivity contribution >= 4 is 34.2 Å². The van der Waals surface area contributed by atoms with Gasteiger partial charge in [-0.15, -0.1) is 5.10 Å². The Balaban J connectivity index is 1.22. The zero-order valence-corrected chi connectivity index (χ0v) is 20.9. The third-order valence-electron chi connectivity index (χ3n) is 6.88. The van der Waals surface area contributed by atoms with E-state index in [0.717, 1.165) is 36.0 Å². The smallest absolute Gasteiger partial charge is 0.261 e. The molecule has 0 bridgehead atoms. The molecule has 1 saturated heterocycles. The lowest BCUT2D eigenvalue weighted by atomic mass is 9.92. The average Bonchev–Trinajstić information content (AvgIpc) is 3.36. The van der Waals surface area contributed by atoms with E-state index in [9.17, 15) is 14.4 Å².